The Kier molecular flexibility index (Phi) is 8.21. The van der Waals surface area contributed by atoms with Gasteiger partial charge in [-0.15, -0.1) is 0 Å². The molecule has 2 fully saturated rings. The molecule has 0 aromatic heterocycles. The molecule has 1 saturated carbocycles. The average Bonchev–Trinajstić information content (AvgIpc) is 3.29. The van der Waals surface area contributed by atoms with Gasteiger partial charge in [0, 0.05) is 18.5 Å². The van der Waals surface area contributed by atoms with Crippen molar-refractivity contribution in [1.29, 1.82) is 0 Å². The zero-order valence-electron chi connectivity index (χ0n) is 22.1. The Bertz CT molecular complexity index is 1250. The Hall–Kier alpha value is -2.55. The summed E-state index contributed by atoms with van der Waals surface area (Å²) in [6, 6.07) is 8.22. The van der Waals surface area contributed by atoms with Crippen molar-refractivity contribution < 1.29 is 27.9 Å². The molecule has 200 valence electrons. The molecule has 1 heterocycles. The number of ether oxygens (including phenoxy) is 1. The number of aliphatic hydroxyl groups excluding tert-OH is 1. The van der Waals surface area contributed by atoms with Crippen LogP contribution in [0, 0.1) is 27.7 Å². The average molecular weight is 528 g/mol. The Balaban J connectivity index is 1.46. The largest absolute Gasteiger partial charge is 0.456 e. The summed E-state index contributed by atoms with van der Waals surface area (Å²) in [5.74, 6) is -0.647. The van der Waals surface area contributed by atoms with Crippen LogP contribution < -0.4 is 0 Å². The number of esters is 1. The SMILES string of the molecule is Cc1cc(C)c(C)c(S(=O)(=O)N2C[C@H](O)C[C@H]2C(=O)OCC(=O)c2ccc(C3CCCCC3)cc2)c1C. The molecule has 2 atom stereocenters. The van der Waals surface area contributed by atoms with Gasteiger partial charge in [-0.25, -0.2) is 8.42 Å². The molecule has 7 nitrogen and oxygen atoms in total. The Labute approximate surface area is 219 Å². The lowest BCUT2D eigenvalue weighted by molar-refractivity contribution is -0.146. The van der Waals surface area contributed by atoms with E-state index in [0.717, 1.165) is 15.4 Å². The fourth-order valence-corrected chi connectivity index (χ4v) is 7.85. The standard InChI is InChI=1S/C29H37NO6S/c1-18-14-19(2)21(4)28(20(18)3)37(34,35)30-16-25(31)15-26(30)29(33)36-17-27(32)24-12-10-23(11-13-24)22-8-6-5-7-9-22/h10-14,22,25-26,31H,5-9,15-17H2,1-4H3/t25-,26+/m1/s1. The van der Waals surface area contributed by atoms with Crippen LogP contribution in [0.3, 0.4) is 0 Å². The first-order valence-electron chi connectivity index (χ1n) is 13.1. The lowest BCUT2D eigenvalue weighted by Crippen LogP contribution is -2.42. The maximum atomic E-state index is 13.7. The van der Waals surface area contributed by atoms with Crippen molar-refractivity contribution in [2.45, 2.75) is 89.2 Å². The van der Waals surface area contributed by atoms with Crippen molar-refractivity contribution >= 4 is 21.8 Å². The number of aliphatic hydroxyl groups is 1. The van der Waals surface area contributed by atoms with Gasteiger partial charge in [0.2, 0.25) is 10.0 Å². The molecule has 0 radical (unpaired) electrons. The first kappa shape index (κ1) is 27.5. The van der Waals surface area contributed by atoms with Crippen molar-refractivity contribution in [3.05, 3.63) is 63.7 Å². The molecule has 1 aliphatic heterocycles. The molecule has 2 aromatic rings. The summed E-state index contributed by atoms with van der Waals surface area (Å²) in [6.45, 7) is 6.49. The Morgan fingerprint density at radius 2 is 1.57 bits per heavy atom. The summed E-state index contributed by atoms with van der Waals surface area (Å²) >= 11 is 0. The normalized spacial score (nSPS) is 21.2. The number of nitrogens with zero attached hydrogens (tertiary/aromatic N) is 1. The number of β-amino-alcohol motifs (C(OH)–C–C–N with tert-alkyl or cyclic N) is 1. The number of hydrogen-bond acceptors (Lipinski definition) is 6. The number of ketones is 1. The maximum absolute atomic E-state index is 13.7. The molecule has 1 aliphatic carbocycles. The molecule has 2 aliphatic rings. The van der Waals surface area contributed by atoms with E-state index >= 15 is 0 Å². The molecule has 37 heavy (non-hydrogen) atoms. The summed E-state index contributed by atoms with van der Waals surface area (Å²) in [5.41, 5.74) is 4.57. The third-order valence-electron chi connectivity index (χ3n) is 8.02. The monoisotopic (exact) mass is 527 g/mol. The van der Waals surface area contributed by atoms with Crippen LogP contribution in [-0.4, -0.2) is 54.9 Å². The van der Waals surface area contributed by atoms with E-state index in [0.29, 0.717) is 22.6 Å². The quantitative estimate of drug-likeness (QED) is 0.420. The van der Waals surface area contributed by atoms with Crippen LogP contribution >= 0.6 is 0 Å². The smallest absolute Gasteiger partial charge is 0.325 e. The van der Waals surface area contributed by atoms with Crippen LogP contribution in [0.15, 0.2) is 35.2 Å². The van der Waals surface area contributed by atoms with Crippen molar-refractivity contribution in [2.24, 2.45) is 0 Å². The highest BCUT2D eigenvalue weighted by molar-refractivity contribution is 7.89. The molecular formula is C29H37NO6S. The highest BCUT2D eigenvalue weighted by Crippen LogP contribution is 2.34. The first-order chi connectivity index (χ1) is 17.5. The van der Waals surface area contributed by atoms with E-state index in [4.69, 9.17) is 4.74 Å². The molecule has 8 heteroatoms. The fraction of sp³-hybridized carbons (Fsp3) is 0.517. The van der Waals surface area contributed by atoms with Crippen molar-refractivity contribution in [2.75, 3.05) is 13.2 Å². The third-order valence-corrected chi connectivity index (χ3v) is 10.2. The van der Waals surface area contributed by atoms with E-state index in [1.165, 1.54) is 37.7 Å². The highest BCUT2D eigenvalue weighted by atomic mass is 32.2. The molecule has 2 aromatic carbocycles. The Morgan fingerprint density at radius 1 is 0.973 bits per heavy atom. The number of carbonyl (C=O) groups is 2. The number of rotatable bonds is 7. The zero-order chi connectivity index (χ0) is 26.9. The van der Waals surface area contributed by atoms with Crippen LogP contribution in [-0.2, 0) is 19.6 Å². The second-order valence-corrected chi connectivity index (χ2v) is 12.4. The molecule has 1 N–H and O–H groups in total. The maximum Gasteiger partial charge on any atom is 0.325 e. The molecule has 0 amide bonds. The van der Waals surface area contributed by atoms with E-state index < -0.39 is 34.7 Å². The topological polar surface area (TPSA) is 101 Å². The van der Waals surface area contributed by atoms with Crippen molar-refractivity contribution in [3.8, 4) is 0 Å². The number of hydrogen-bond donors (Lipinski definition) is 1. The number of aryl methyl sites for hydroxylation is 2. The first-order valence-corrected chi connectivity index (χ1v) is 14.5. The summed E-state index contributed by atoms with van der Waals surface area (Å²) in [4.78, 5) is 25.9. The number of Topliss-reactive ketones (excluding diaryl/α,β-unsaturated/α-hetero) is 1. The summed E-state index contributed by atoms with van der Waals surface area (Å²) in [5, 5.41) is 10.3. The number of carbonyl (C=O) groups excluding carboxylic acids is 2. The fourth-order valence-electron chi connectivity index (χ4n) is 5.64. The van der Waals surface area contributed by atoms with Crippen LogP contribution in [0.5, 0.6) is 0 Å². The van der Waals surface area contributed by atoms with Gasteiger partial charge >= 0.3 is 5.97 Å². The van der Waals surface area contributed by atoms with Gasteiger partial charge in [0.25, 0.3) is 0 Å². The summed E-state index contributed by atoms with van der Waals surface area (Å²) in [7, 11) is -4.09. The van der Waals surface area contributed by atoms with Gasteiger partial charge in [-0.3, -0.25) is 9.59 Å². The molecule has 0 bridgehead atoms. The predicted molar refractivity (Wildman–Crippen MR) is 141 cm³/mol. The van der Waals surface area contributed by atoms with Gasteiger partial charge in [0.05, 0.1) is 11.0 Å². The number of benzene rings is 2. The van der Waals surface area contributed by atoms with Gasteiger partial charge in [0.15, 0.2) is 12.4 Å². The molecule has 4 rings (SSSR count). The van der Waals surface area contributed by atoms with E-state index in [-0.39, 0.29) is 23.6 Å². The molecular weight excluding hydrogens is 490 g/mol. The second-order valence-electron chi connectivity index (χ2n) is 10.6. The van der Waals surface area contributed by atoms with Gasteiger partial charge in [-0.05, 0) is 74.3 Å². The summed E-state index contributed by atoms with van der Waals surface area (Å²) < 4.78 is 33.7. The van der Waals surface area contributed by atoms with E-state index in [1.807, 2.05) is 32.0 Å². The van der Waals surface area contributed by atoms with Gasteiger partial charge in [-0.2, -0.15) is 4.31 Å². The van der Waals surface area contributed by atoms with Crippen LogP contribution in [0.4, 0.5) is 0 Å². The van der Waals surface area contributed by atoms with E-state index in [1.54, 1.807) is 26.0 Å². The van der Waals surface area contributed by atoms with Crippen LogP contribution in [0.1, 0.15) is 82.6 Å². The lowest BCUT2D eigenvalue weighted by Gasteiger charge is -2.25. The van der Waals surface area contributed by atoms with Gasteiger partial charge in [0.1, 0.15) is 6.04 Å². The molecule has 0 spiro atoms. The van der Waals surface area contributed by atoms with Gasteiger partial charge < -0.3 is 9.84 Å². The van der Waals surface area contributed by atoms with Crippen LogP contribution in [0.2, 0.25) is 0 Å². The minimum Gasteiger partial charge on any atom is -0.456 e. The van der Waals surface area contributed by atoms with Gasteiger partial charge in [-0.1, -0.05) is 49.6 Å². The van der Waals surface area contributed by atoms with Crippen LogP contribution in [0.25, 0.3) is 0 Å². The third kappa shape index (κ3) is 5.66. The lowest BCUT2D eigenvalue weighted by atomic mass is 9.84. The zero-order valence-corrected chi connectivity index (χ0v) is 22.9. The van der Waals surface area contributed by atoms with E-state index in [9.17, 15) is 23.1 Å². The number of sulfonamides is 1. The minimum atomic E-state index is -4.09. The molecule has 0 unspecified atom stereocenters. The summed E-state index contributed by atoms with van der Waals surface area (Å²) in [6.07, 6.45) is 4.99. The minimum absolute atomic E-state index is 0.0781. The van der Waals surface area contributed by atoms with E-state index in [2.05, 4.69) is 0 Å². The Morgan fingerprint density at radius 3 is 2.16 bits per heavy atom. The predicted octanol–water partition coefficient (Wildman–Crippen LogP) is 4.52. The molecule has 1 saturated heterocycles. The second kappa shape index (κ2) is 11.1. The highest BCUT2D eigenvalue weighted by Gasteiger charge is 2.45. The van der Waals surface area contributed by atoms with Crippen molar-refractivity contribution in [1.82, 2.24) is 4.31 Å². The van der Waals surface area contributed by atoms with Crippen molar-refractivity contribution in [3.63, 3.8) is 0 Å².